The van der Waals surface area contributed by atoms with E-state index >= 15 is 0 Å². The lowest BCUT2D eigenvalue weighted by Gasteiger charge is -2.25. The molecule has 0 unspecified atom stereocenters. The second-order valence-electron chi connectivity index (χ2n) is 5.97. The zero-order valence-corrected chi connectivity index (χ0v) is 12.1. The average Bonchev–Trinajstić information content (AvgIpc) is 3.04. The molecule has 1 aromatic heterocycles. The number of aryl methyl sites for hydroxylation is 2. The predicted molar refractivity (Wildman–Crippen MR) is 75.4 cm³/mol. The molecule has 1 aromatic rings. The molecule has 1 N–H and O–H groups in total. The molecule has 1 aliphatic carbocycles. The van der Waals surface area contributed by atoms with Crippen LogP contribution >= 0.6 is 0 Å². The van der Waals surface area contributed by atoms with Crippen LogP contribution in [-0.2, 0) is 22.5 Å². The van der Waals surface area contributed by atoms with E-state index in [0.29, 0.717) is 6.10 Å². The van der Waals surface area contributed by atoms with Crippen LogP contribution in [-0.4, -0.2) is 34.2 Å². The van der Waals surface area contributed by atoms with Gasteiger partial charge in [-0.3, -0.25) is 4.79 Å². The molecular weight excluding hydrogens is 254 g/mol. The summed E-state index contributed by atoms with van der Waals surface area (Å²) in [6.07, 6.45) is 8.93. The highest BCUT2D eigenvalue weighted by molar-refractivity contribution is 5.77. The summed E-state index contributed by atoms with van der Waals surface area (Å²) in [5.74, 6) is 1.15. The zero-order chi connectivity index (χ0) is 13.9. The third-order valence-electron chi connectivity index (χ3n) is 4.23. The lowest BCUT2D eigenvalue weighted by Crippen LogP contribution is -2.42. The van der Waals surface area contributed by atoms with Gasteiger partial charge in [-0.15, -0.1) is 0 Å². The average molecular weight is 277 g/mol. The number of imidazole rings is 1. The number of ether oxygens (including phenoxy) is 1. The number of fused-ring (bicyclic) bond motifs is 1. The summed E-state index contributed by atoms with van der Waals surface area (Å²) in [6, 6.07) is 0.204. The minimum atomic E-state index is 0.0159. The highest BCUT2D eigenvalue weighted by Gasteiger charge is 2.22. The zero-order valence-electron chi connectivity index (χ0n) is 12.1. The lowest BCUT2D eigenvalue weighted by atomic mass is 10.1. The second kappa shape index (κ2) is 5.95. The van der Waals surface area contributed by atoms with Crippen LogP contribution in [0, 0.1) is 6.92 Å². The van der Waals surface area contributed by atoms with E-state index in [1.807, 2.05) is 6.92 Å². The third kappa shape index (κ3) is 3.20. The van der Waals surface area contributed by atoms with Crippen LogP contribution in [0.25, 0.3) is 0 Å². The monoisotopic (exact) mass is 277 g/mol. The fourth-order valence-electron chi connectivity index (χ4n) is 3.22. The van der Waals surface area contributed by atoms with Crippen LogP contribution in [0.2, 0.25) is 0 Å². The summed E-state index contributed by atoms with van der Waals surface area (Å²) < 4.78 is 7.80. The smallest absolute Gasteiger partial charge is 0.246 e. The van der Waals surface area contributed by atoms with Crippen LogP contribution in [0.3, 0.4) is 0 Å². The molecule has 5 heteroatoms. The highest BCUT2D eigenvalue weighted by atomic mass is 16.5. The Hall–Kier alpha value is -1.36. The van der Waals surface area contributed by atoms with Gasteiger partial charge in [0.05, 0.1) is 11.8 Å². The Kier molecular flexibility index (Phi) is 4.05. The molecule has 1 saturated carbocycles. The number of nitrogens with zero attached hydrogens (tertiary/aromatic N) is 2. The number of carbonyl (C=O) groups is 1. The number of hydrogen-bond donors (Lipinski definition) is 1. The number of nitrogens with one attached hydrogen (secondary N) is 1. The van der Waals surface area contributed by atoms with E-state index in [0.717, 1.165) is 43.7 Å². The molecule has 0 spiro atoms. The first-order chi connectivity index (χ1) is 9.70. The Morgan fingerprint density at radius 3 is 3.05 bits per heavy atom. The topological polar surface area (TPSA) is 56.2 Å². The Balaban J connectivity index is 1.45. The molecular formula is C15H23N3O2. The quantitative estimate of drug-likeness (QED) is 0.909. The lowest BCUT2D eigenvalue weighted by molar-refractivity contribution is -0.128. The van der Waals surface area contributed by atoms with Crippen molar-refractivity contribution in [3.05, 3.63) is 17.7 Å². The molecule has 1 fully saturated rings. The van der Waals surface area contributed by atoms with Crippen molar-refractivity contribution in [1.82, 2.24) is 14.9 Å². The van der Waals surface area contributed by atoms with Crippen LogP contribution in [0.4, 0.5) is 0 Å². The molecule has 20 heavy (non-hydrogen) atoms. The molecule has 0 saturated heterocycles. The summed E-state index contributed by atoms with van der Waals surface area (Å²) in [5.41, 5.74) is 1.05. The summed E-state index contributed by atoms with van der Waals surface area (Å²) in [6.45, 7) is 3.04. The van der Waals surface area contributed by atoms with Gasteiger partial charge in [0.15, 0.2) is 0 Å². The van der Waals surface area contributed by atoms with Crippen molar-refractivity contribution in [3.63, 3.8) is 0 Å². The Labute approximate surface area is 119 Å². The molecule has 2 heterocycles. The molecule has 2 aliphatic rings. The maximum Gasteiger partial charge on any atom is 0.246 e. The van der Waals surface area contributed by atoms with E-state index in [9.17, 15) is 4.79 Å². The van der Waals surface area contributed by atoms with Gasteiger partial charge in [0.25, 0.3) is 0 Å². The van der Waals surface area contributed by atoms with Crippen LogP contribution < -0.4 is 5.32 Å². The van der Waals surface area contributed by atoms with E-state index < -0.39 is 0 Å². The van der Waals surface area contributed by atoms with Gasteiger partial charge in [-0.25, -0.2) is 4.98 Å². The number of amides is 1. The van der Waals surface area contributed by atoms with Crippen molar-refractivity contribution in [2.45, 2.75) is 64.1 Å². The van der Waals surface area contributed by atoms with Crippen molar-refractivity contribution < 1.29 is 9.53 Å². The molecule has 3 rings (SSSR count). The summed E-state index contributed by atoms with van der Waals surface area (Å²) in [4.78, 5) is 16.4. The summed E-state index contributed by atoms with van der Waals surface area (Å²) >= 11 is 0. The molecule has 1 aliphatic heterocycles. The highest BCUT2D eigenvalue weighted by Crippen LogP contribution is 2.20. The minimum absolute atomic E-state index is 0.0159. The third-order valence-corrected chi connectivity index (χ3v) is 4.23. The first-order valence-electron chi connectivity index (χ1n) is 7.64. The first kappa shape index (κ1) is 13.6. The number of rotatable bonds is 4. The van der Waals surface area contributed by atoms with Crippen molar-refractivity contribution in [1.29, 1.82) is 0 Å². The molecule has 1 atom stereocenters. The molecule has 0 aromatic carbocycles. The number of hydrogen-bond acceptors (Lipinski definition) is 3. The molecule has 110 valence electrons. The first-order valence-corrected chi connectivity index (χ1v) is 7.64. The summed E-state index contributed by atoms with van der Waals surface area (Å²) in [7, 11) is 0. The van der Waals surface area contributed by atoms with Gasteiger partial charge in [-0.2, -0.15) is 0 Å². The standard InChI is InChI=1S/C15H23N3O2/c1-11-8-18-9-12(6-7-14(18)16-11)17-15(19)10-20-13-4-2-3-5-13/h8,12-13H,2-7,9-10H2,1H3,(H,17,19)/t12-/m0/s1. The Morgan fingerprint density at radius 2 is 2.25 bits per heavy atom. The van der Waals surface area contributed by atoms with Crippen molar-refractivity contribution >= 4 is 5.91 Å². The number of aromatic nitrogens is 2. The molecule has 5 nitrogen and oxygen atoms in total. The molecule has 0 radical (unpaired) electrons. The fraction of sp³-hybridized carbons (Fsp3) is 0.733. The Morgan fingerprint density at radius 1 is 1.45 bits per heavy atom. The Bertz CT molecular complexity index is 477. The second-order valence-corrected chi connectivity index (χ2v) is 5.97. The number of carbonyl (C=O) groups excluding carboxylic acids is 1. The van der Waals surface area contributed by atoms with E-state index in [-0.39, 0.29) is 18.6 Å². The van der Waals surface area contributed by atoms with Crippen molar-refractivity contribution in [2.24, 2.45) is 0 Å². The van der Waals surface area contributed by atoms with E-state index in [1.165, 1.54) is 12.8 Å². The molecule has 1 amide bonds. The predicted octanol–water partition coefficient (Wildman–Crippen LogP) is 1.58. The summed E-state index contributed by atoms with van der Waals surface area (Å²) in [5, 5.41) is 3.08. The van der Waals surface area contributed by atoms with Crippen molar-refractivity contribution in [2.75, 3.05) is 6.61 Å². The van der Waals surface area contributed by atoms with Gasteiger partial charge in [-0.1, -0.05) is 12.8 Å². The van der Waals surface area contributed by atoms with Gasteiger partial charge < -0.3 is 14.6 Å². The van der Waals surface area contributed by atoms with Gasteiger partial charge in [0, 0.05) is 25.2 Å². The van der Waals surface area contributed by atoms with E-state index in [4.69, 9.17) is 4.74 Å². The van der Waals surface area contributed by atoms with Crippen LogP contribution in [0.5, 0.6) is 0 Å². The van der Waals surface area contributed by atoms with Gasteiger partial charge in [0.2, 0.25) is 5.91 Å². The molecule has 0 bridgehead atoms. The van der Waals surface area contributed by atoms with Crippen molar-refractivity contribution in [3.8, 4) is 0 Å². The van der Waals surface area contributed by atoms with E-state index in [1.54, 1.807) is 0 Å². The largest absolute Gasteiger partial charge is 0.368 e. The minimum Gasteiger partial charge on any atom is -0.368 e. The maximum atomic E-state index is 11.9. The van der Waals surface area contributed by atoms with Gasteiger partial charge >= 0.3 is 0 Å². The van der Waals surface area contributed by atoms with Gasteiger partial charge in [-0.05, 0) is 26.2 Å². The van der Waals surface area contributed by atoms with Crippen LogP contribution in [0.15, 0.2) is 6.20 Å². The SMILES string of the molecule is Cc1cn2c(n1)CC[C@H](NC(=O)COC1CCCC1)C2. The van der Waals surface area contributed by atoms with E-state index in [2.05, 4.69) is 21.1 Å². The van der Waals surface area contributed by atoms with Gasteiger partial charge in [0.1, 0.15) is 12.4 Å². The fourth-order valence-corrected chi connectivity index (χ4v) is 3.22. The normalized spacial score (nSPS) is 22.8. The maximum absolute atomic E-state index is 11.9. The van der Waals surface area contributed by atoms with Crippen LogP contribution in [0.1, 0.15) is 43.6 Å².